The molecule has 0 saturated carbocycles. The van der Waals surface area contributed by atoms with E-state index in [0.717, 1.165) is 0 Å². The van der Waals surface area contributed by atoms with Gasteiger partial charge in [0, 0.05) is 6.54 Å². The standard InChI is InChI=1S/C13H22N2O5/c1-13(2,3)20-12(18)15-7-8(11(17)19-4)5-6-9(15)10(14)16/h8-9H,5-7H2,1-4H3,(H2,14,16)/t8-,9+/m0/s1. The number of nitrogens with zero attached hydrogens (tertiary/aromatic N) is 1. The molecule has 1 saturated heterocycles. The molecule has 2 N–H and O–H groups in total. The highest BCUT2D eigenvalue weighted by Crippen LogP contribution is 2.25. The van der Waals surface area contributed by atoms with E-state index in [0.29, 0.717) is 12.8 Å². The molecular formula is C13H22N2O5. The van der Waals surface area contributed by atoms with Gasteiger partial charge >= 0.3 is 12.1 Å². The maximum atomic E-state index is 12.1. The Balaban J connectivity index is 2.86. The normalized spacial score (nSPS) is 23.1. The fraction of sp³-hybridized carbons (Fsp3) is 0.769. The van der Waals surface area contributed by atoms with Crippen molar-refractivity contribution in [2.45, 2.75) is 45.3 Å². The van der Waals surface area contributed by atoms with Crippen molar-refractivity contribution in [3.8, 4) is 0 Å². The Kier molecular flexibility index (Phi) is 4.97. The Bertz CT molecular complexity index is 402. The molecule has 0 radical (unpaired) electrons. The van der Waals surface area contributed by atoms with Crippen LogP contribution in [0.3, 0.4) is 0 Å². The highest BCUT2D eigenvalue weighted by Gasteiger charge is 2.39. The molecule has 0 aliphatic carbocycles. The lowest BCUT2D eigenvalue weighted by Crippen LogP contribution is -2.55. The van der Waals surface area contributed by atoms with E-state index in [1.54, 1.807) is 20.8 Å². The van der Waals surface area contributed by atoms with Crippen LogP contribution in [0.1, 0.15) is 33.6 Å². The van der Waals surface area contributed by atoms with Crippen LogP contribution in [0.4, 0.5) is 4.79 Å². The SMILES string of the molecule is COC(=O)[C@H]1CC[C@H](C(N)=O)N(C(=O)OC(C)(C)C)C1. The van der Waals surface area contributed by atoms with Crippen molar-refractivity contribution in [3.63, 3.8) is 0 Å². The molecule has 20 heavy (non-hydrogen) atoms. The fourth-order valence-electron chi connectivity index (χ4n) is 2.15. The van der Waals surface area contributed by atoms with Crippen LogP contribution >= 0.6 is 0 Å². The molecule has 0 unspecified atom stereocenters. The number of carbonyl (C=O) groups is 3. The zero-order chi connectivity index (χ0) is 15.5. The highest BCUT2D eigenvalue weighted by atomic mass is 16.6. The average molecular weight is 286 g/mol. The van der Waals surface area contributed by atoms with E-state index >= 15 is 0 Å². The molecule has 2 amide bonds. The Hall–Kier alpha value is -1.79. The van der Waals surface area contributed by atoms with Crippen LogP contribution in [0.25, 0.3) is 0 Å². The van der Waals surface area contributed by atoms with Crippen molar-refractivity contribution in [1.82, 2.24) is 4.90 Å². The van der Waals surface area contributed by atoms with Crippen molar-refractivity contribution in [1.29, 1.82) is 0 Å². The molecule has 0 aromatic heterocycles. The predicted molar refractivity (Wildman–Crippen MR) is 70.7 cm³/mol. The number of rotatable bonds is 2. The van der Waals surface area contributed by atoms with Gasteiger partial charge in [0.25, 0.3) is 0 Å². The number of methoxy groups -OCH3 is 1. The second-order valence-corrected chi connectivity index (χ2v) is 5.85. The molecule has 1 heterocycles. The highest BCUT2D eigenvalue weighted by molar-refractivity contribution is 5.85. The number of likely N-dealkylation sites (tertiary alicyclic amines) is 1. The van der Waals surface area contributed by atoms with E-state index in [4.69, 9.17) is 10.5 Å². The Labute approximate surface area is 118 Å². The minimum atomic E-state index is -0.745. The van der Waals surface area contributed by atoms with Gasteiger partial charge in [0.15, 0.2) is 0 Å². The lowest BCUT2D eigenvalue weighted by Gasteiger charge is -2.37. The monoisotopic (exact) mass is 286 g/mol. The van der Waals surface area contributed by atoms with Gasteiger partial charge in [-0.1, -0.05) is 0 Å². The number of piperidine rings is 1. The van der Waals surface area contributed by atoms with Crippen LogP contribution in [0.5, 0.6) is 0 Å². The summed E-state index contributed by atoms with van der Waals surface area (Å²) in [5.74, 6) is -1.45. The third kappa shape index (κ3) is 4.11. The Morgan fingerprint density at radius 1 is 1.20 bits per heavy atom. The molecule has 114 valence electrons. The first-order valence-electron chi connectivity index (χ1n) is 6.52. The third-order valence-electron chi connectivity index (χ3n) is 3.07. The lowest BCUT2D eigenvalue weighted by molar-refractivity contribution is -0.148. The largest absolute Gasteiger partial charge is 0.469 e. The number of esters is 1. The van der Waals surface area contributed by atoms with Crippen LogP contribution in [0, 0.1) is 5.92 Å². The van der Waals surface area contributed by atoms with E-state index in [2.05, 4.69) is 4.74 Å². The number of hydrogen-bond donors (Lipinski definition) is 1. The molecule has 1 fully saturated rings. The van der Waals surface area contributed by atoms with Gasteiger partial charge in [-0.05, 0) is 33.6 Å². The van der Waals surface area contributed by atoms with E-state index in [1.807, 2.05) is 0 Å². The average Bonchev–Trinajstić information content (AvgIpc) is 2.34. The summed E-state index contributed by atoms with van der Waals surface area (Å²) in [6.45, 7) is 5.26. The number of nitrogens with two attached hydrogens (primary N) is 1. The molecule has 0 bridgehead atoms. The molecule has 1 rings (SSSR count). The van der Waals surface area contributed by atoms with Crippen molar-refractivity contribution >= 4 is 18.0 Å². The molecule has 1 aliphatic heterocycles. The topological polar surface area (TPSA) is 98.9 Å². The molecule has 7 heteroatoms. The van der Waals surface area contributed by atoms with E-state index < -0.39 is 35.5 Å². The van der Waals surface area contributed by atoms with Crippen LogP contribution in [0.2, 0.25) is 0 Å². The van der Waals surface area contributed by atoms with Crippen molar-refractivity contribution in [2.24, 2.45) is 11.7 Å². The first-order valence-corrected chi connectivity index (χ1v) is 6.52. The molecule has 1 aliphatic rings. The Morgan fingerprint density at radius 2 is 1.80 bits per heavy atom. The molecule has 2 atom stereocenters. The first-order chi connectivity index (χ1) is 9.15. The Morgan fingerprint density at radius 3 is 2.25 bits per heavy atom. The number of amides is 2. The minimum absolute atomic E-state index is 0.0786. The molecule has 0 aromatic carbocycles. The summed E-state index contributed by atoms with van der Waals surface area (Å²) in [6.07, 6.45) is 0.142. The van der Waals surface area contributed by atoms with Crippen LogP contribution in [-0.4, -0.2) is 48.2 Å². The van der Waals surface area contributed by atoms with Crippen molar-refractivity contribution in [3.05, 3.63) is 0 Å². The van der Waals surface area contributed by atoms with Crippen LogP contribution in [-0.2, 0) is 19.1 Å². The maximum absolute atomic E-state index is 12.1. The molecule has 0 spiro atoms. The number of ether oxygens (including phenoxy) is 2. The summed E-state index contributed by atoms with van der Waals surface area (Å²) in [4.78, 5) is 36.4. The molecule has 7 nitrogen and oxygen atoms in total. The first kappa shape index (κ1) is 16.3. The van der Waals surface area contributed by atoms with Crippen LogP contribution in [0.15, 0.2) is 0 Å². The van der Waals surface area contributed by atoms with Crippen molar-refractivity contribution in [2.75, 3.05) is 13.7 Å². The van der Waals surface area contributed by atoms with Gasteiger partial charge in [-0.3, -0.25) is 14.5 Å². The number of hydrogen-bond acceptors (Lipinski definition) is 5. The van der Waals surface area contributed by atoms with Gasteiger partial charge in [-0.25, -0.2) is 4.79 Å². The zero-order valence-corrected chi connectivity index (χ0v) is 12.3. The van der Waals surface area contributed by atoms with Gasteiger partial charge in [-0.15, -0.1) is 0 Å². The van der Waals surface area contributed by atoms with E-state index in [1.165, 1.54) is 12.0 Å². The van der Waals surface area contributed by atoms with Crippen LogP contribution < -0.4 is 5.73 Å². The van der Waals surface area contributed by atoms with E-state index in [-0.39, 0.29) is 6.54 Å². The summed E-state index contributed by atoms with van der Waals surface area (Å²) in [5.41, 5.74) is 4.63. The van der Waals surface area contributed by atoms with Gasteiger partial charge in [0.05, 0.1) is 13.0 Å². The van der Waals surface area contributed by atoms with Gasteiger partial charge in [0.1, 0.15) is 11.6 Å². The number of primary amides is 1. The van der Waals surface area contributed by atoms with E-state index in [9.17, 15) is 14.4 Å². The fourth-order valence-corrected chi connectivity index (χ4v) is 2.15. The van der Waals surface area contributed by atoms with Gasteiger partial charge in [0.2, 0.25) is 5.91 Å². The summed E-state index contributed by atoms with van der Waals surface area (Å²) in [6, 6.07) is -0.745. The predicted octanol–water partition coefficient (Wildman–Crippen LogP) is 0.660. The maximum Gasteiger partial charge on any atom is 0.410 e. The second-order valence-electron chi connectivity index (χ2n) is 5.85. The quantitative estimate of drug-likeness (QED) is 0.752. The summed E-state index contributed by atoms with van der Waals surface area (Å²) in [5, 5.41) is 0. The third-order valence-corrected chi connectivity index (χ3v) is 3.07. The minimum Gasteiger partial charge on any atom is -0.469 e. The van der Waals surface area contributed by atoms with Gasteiger partial charge < -0.3 is 15.2 Å². The summed E-state index contributed by atoms with van der Waals surface area (Å²) in [7, 11) is 1.29. The smallest absolute Gasteiger partial charge is 0.410 e. The summed E-state index contributed by atoms with van der Waals surface area (Å²) < 4.78 is 9.93. The summed E-state index contributed by atoms with van der Waals surface area (Å²) >= 11 is 0. The zero-order valence-electron chi connectivity index (χ0n) is 12.3. The molecule has 0 aromatic rings. The second kappa shape index (κ2) is 6.11. The lowest BCUT2D eigenvalue weighted by atomic mass is 9.92. The van der Waals surface area contributed by atoms with Gasteiger partial charge in [-0.2, -0.15) is 0 Å². The molecular weight excluding hydrogens is 264 g/mol. The van der Waals surface area contributed by atoms with Crippen molar-refractivity contribution < 1.29 is 23.9 Å². The number of carbonyl (C=O) groups excluding carboxylic acids is 3.